The average Bonchev–Trinajstić information content (AvgIpc) is 3.38. The zero-order valence-electron chi connectivity index (χ0n) is 16.7. The van der Waals surface area contributed by atoms with E-state index < -0.39 is 18.1 Å². The summed E-state index contributed by atoms with van der Waals surface area (Å²) >= 11 is 0. The standard InChI is InChI=1S/C21H23F3N4O2/c1-20(2,29)13-27-18(14-3-7-17(8-4-14)30-21(22,23)24)9-10-25-19(27)15-11-26-28(12-15)16-5-6-16/h3-4,7-12,16,19,29H,5-6,13H2,1-2H3. The van der Waals surface area contributed by atoms with Crippen LogP contribution in [0.1, 0.15) is 50.0 Å². The lowest BCUT2D eigenvalue weighted by molar-refractivity contribution is -0.274. The fourth-order valence-electron chi connectivity index (χ4n) is 3.47. The first-order valence-corrected chi connectivity index (χ1v) is 9.72. The van der Waals surface area contributed by atoms with E-state index >= 15 is 0 Å². The monoisotopic (exact) mass is 420 g/mol. The second-order valence-corrected chi connectivity index (χ2v) is 8.22. The Hall–Kier alpha value is -2.81. The molecule has 0 spiro atoms. The molecule has 1 atom stereocenters. The molecule has 6 nitrogen and oxygen atoms in total. The number of aromatic nitrogens is 2. The Kier molecular flexibility index (Phi) is 5.09. The van der Waals surface area contributed by atoms with E-state index in [9.17, 15) is 18.3 Å². The van der Waals surface area contributed by atoms with Gasteiger partial charge in [0.1, 0.15) is 11.9 Å². The Balaban J connectivity index is 1.63. The molecule has 2 heterocycles. The number of ether oxygens (including phenoxy) is 1. The van der Waals surface area contributed by atoms with Crippen LogP contribution in [0.3, 0.4) is 0 Å². The van der Waals surface area contributed by atoms with E-state index in [2.05, 4.69) is 14.8 Å². The second kappa shape index (κ2) is 7.46. The van der Waals surface area contributed by atoms with Gasteiger partial charge in [-0.1, -0.05) is 0 Å². The zero-order valence-corrected chi connectivity index (χ0v) is 16.7. The van der Waals surface area contributed by atoms with Crippen molar-refractivity contribution >= 4 is 11.9 Å². The van der Waals surface area contributed by atoms with E-state index in [1.807, 2.05) is 15.8 Å². The number of aliphatic imine (C=N–C) groups is 1. The van der Waals surface area contributed by atoms with Gasteiger partial charge in [-0.2, -0.15) is 5.10 Å². The van der Waals surface area contributed by atoms with Crippen LogP contribution in [0.5, 0.6) is 5.75 Å². The number of alkyl halides is 3. The Morgan fingerprint density at radius 3 is 2.47 bits per heavy atom. The zero-order chi connectivity index (χ0) is 21.5. The molecule has 160 valence electrons. The molecule has 1 N–H and O–H groups in total. The summed E-state index contributed by atoms with van der Waals surface area (Å²) in [6.07, 6.45) is 4.30. The Morgan fingerprint density at radius 2 is 1.87 bits per heavy atom. The molecule has 0 amide bonds. The van der Waals surface area contributed by atoms with Gasteiger partial charge in [-0.15, -0.1) is 13.2 Å². The molecule has 0 saturated heterocycles. The van der Waals surface area contributed by atoms with E-state index in [1.54, 1.807) is 44.5 Å². The molecule has 1 unspecified atom stereocenters. The minimum absolute atomic E-state index is 0.274. The van der Waals surface area contributed by atoms with Crippen molar-refractivity contribution in [2.75, 3.05) is 6.54 Å². The predicted molar refractivity (Wildman–Crippen MR) is 106 cm³/mol. The molecular formula is C21H23F3N4O2. The number of benzene rings is 1. The van der Waals surface area contributed by atoms with Crippen LogP contribution in [0.2, 0.25) is 0 Å². The number of β-amino-alcohol motifs (C(OH)–C–C–N with tert-alkyl or cyclic N) is 1. The first-order chi connectivity index (χ1) is 14.1. The summed E-state index contributed by atoms with van der Waals surface area (Å²) in [5.74, 6) is -0.285. The number of rotatable bonds is 6. The minimum atomic E-state index is -4.74. The van der Waals surface area contributed by atoms with E-state index in [4.69, 9.17) is 0 Å². The Bertz CT molecular complexity index is 954. The summed E-state index contributed by atoms with van der Waals surface area (Å²) < 4.78 is 43.3. The van der Waals surface area contributed by atoms with Crippen molar-refractivity contribution in [3.8, 4) is 5.75 Å². The molecular weight excluding hydrogens is 397 g/mol. The summed E-state index contributed by atoms with van der Waals surface area (Å²) in [5.41, 5.74) is 1.31. The van der Waals surface area contributed by atoms with E-state index in [-0.39, 0.29) is 12.3 Å². The third-order valence-corrected chi connectivity index (χ3v) is 4.85. The molecule has 1 fully saturated rings. The van der Waals surface area contributed by atoms with Gasteiger partial charge in [0.15, 0.2) is 0 Å². The van der Waals surface area contributed by atoms with Gasteiger partial charge in [0.05, 0.1) is 17.8 Å². The lowest BCUT2D eigenvalue weighted by Gasteiger charge is -2.38. The summed E-state index contributed by atoms with van der Waals surface area (Å²) in [6.45, 7) is 3.68. The molecule has 0 radical (unpaired) electrons. The van der Waals surface area contributed by atoms with Crippen molar-refractivity contribution in [2.24, 2.45) is 4.99 Å². The fourth-order valence-corrected chi connectivity index (χ4v) is 3.47. The lowest BCUT2D eigenvalue weighted by atomic mass is 10.0. The predicted octanol–water partition coefficient (Wildman–Crippen LogP) is 4.31. The summed E-state index contributed by atoms with van der Waals surface area (Å²) in [7, 11) is 0. The van der Waals surface area contributed by atoms with Gasteiger partial charge in [-0.3, -0.25) is 9.67 Å². The first-order valence-electron chi connectivity index (χ1n) is 9.72. The van der Waals surface area contributed by atoms with Crippen LogP contribution < -0.4 is 4.74 Å². The third-order valence-electron chi connectivity index (χ3n) is 4.85. The van der Waals surface area contributed by atoms with Gasteiger partial charge in [-0.05, 0) is 62.6 Å². The van der Waals surface area contributed by atoms with Crippen LogP contribution in [-0.2, 0) is 0 Å². The van der Waals surface area contributed by atoms with Gasteiger partial charge in [0.25, 0.3) is 0 Å². The maximum absolute atomic E-state index is 12.5. The highest BCUT2D eigenvalue weighted by Crippen LogP contribution is 2.38. The van der Waals surface area contributed by atoms with Crippen molar-refractivity contribution in [3.05, 3.63) is 53.9 Å². The van der Waals surface area contributed by atoms with Crippen LogP contribution in [0.15, 0.2) is 47.7 Å². The number of halogens is 3. The van der Waals surface area contributed by atoms with Crippen molar-refractivity contribution < 1.29 is 23.0 Å². The molecule has 0 bridgehead atoms. The maximum atomic E-state index is 12.5. The SMILES string of the molecule is CC(C)(O)CN1C(c2ccc(OC(F)(F)F)cc2)=CC=NC1c1cnn(C2CC2)c1. The Morgan fingerprint density at radius 1 is 1.17 bits per heavy atom. The summed E-state index contributed by atoms with van der Waals surface area (Å²) in [4.78, 5) is 6.53. The quantitative estimate of drug-likeness (QED) is 0.756. The van der Waals surface area contributed by atoms with Gasteiger partial charge < -0.3 is 14.7 Å². The molecule has 1 aliphatic heterocycles. The number of hydrogen-bond acceptors (Lipinski definition) is 5. The third kappa shape index (κ3) is 4.84. The summed E-state index contributed by atoms with van der Waals surface area (Å²) in [5, 5.41) is 14.9. The molecule has 2 aliphatic rings. The molecule has 1 saturated carbocycles. The van der Waals surface area contributed by atoms with E-state index in [0.29, 0.717) is 11.6 Å². The first kappa shape index (κ1) is 20.5. The maximum Gasteiger partial charge on any atom is 0.573 e. The van der Waals surface area contributed by atoms with Crippen molar-refractivity contribution in [2.45, 2.75) is 50.9 Å². The lowest BCUT2D eigenvalue weighted by Crippen LogP contribution is -2.40. The molecule has 1 aromatic heterocycles. The highest BCUT2D eigenvalue weighted by Gasteiger charge is 2.33. The normalized spacial score (nSPS) is 19.7. The van der Waals surface area contributed by atoms with Crippen LogP contribution >= 0.6 is 0 Å². The van der Waals surface area contributed by atoms with Crippen molar-refractivity contribution in [3.63, 3.8) is 0 Å². The highest BCUT2D eigenvalue weighted by atomic mass is 19.4. The largest absolute Gasteiger partial charge is 0.573 e. The molecule has 2 aromatic rings. The van der Waals surface area contributed by atoms with Crippen molar-refractivity contribution in [1.29, 1.82) is 0 Å². The average molecular weight is 420 g/mol. The Labute approximate surface area is 172 Å². The fraction of sp³-hybridized carbons (Fsp3) is 0.429. The highest BCUT2D eigenvalue weighted by molar-refractivity contribution is 5.86. The molecule has 9 heteroatoms. The second-order valence-electron chi connectivity index (χ2n) is 8.22. The summed E-state index contributed by atoms with van der Waals surface area (Å²) in [6, 6.07) is 6.11. The van der Waals surface area contributed by atoms with Crippen LogP contribution in [0.25, 0.3) is 5.70 Å². The minimum Gasteiger partial charge on any atom is -0.406 e. The number of aliphatic hydroxyl groups is 1. The topological polar surface area (TPSA) is 62.9 Å². The van der Waals surface area contributed by atoms with Crippen molar-refractivity contribution in [1.82, 2.24) is 14.7 Å². The van der Waals surface area contributed by atoms with Crippen LogP contribution in [0.4, 0.5) is 13.2 Å². The van der Waals surface area contributed by atoms with Gasteiger partial charge in [0, 0.05) is 30.2 Å². The molecule has 4 rings (SSSR count). The van der Waals surface area contributed by atoms with Crippen LogP contribution in [-0.4, -0.2) is 44.5 Å². The van der Waals surface area contributed by atoms with Crippen LogP contribution in [0, 0.1) is 0 Å². The van der Waals surface area contributed by atoms with Gasteiger partial charge in [-0.25, -0.2) is 0 Å². The number of hydrogen-bond donors (Lipinski definition) is 1. The molecule has 1 aromatic carbocycles. The smallest absolute Gasteiger partial charge is 0.406 e. The number of nitrogens with zero attached hydrogens (tertiary/aromatic N) is 4. The molecule has 30 heavy (non-hydrogen) atoms. The van der Waals surface area contributed by atoms with Gasteiger partial charge in [0.2, 0.25) is 0 Å². The van der Waals surface area contributed by atoms with E-state index in [0.717, 1.165) is 24.1 Å². The van der Waals surface area contributed by atoms with Gasteiger partial charge >= 0.3 is 6.36 Å². The number of allylic oxidation sites excluding steroid dienone is 1. The van der Waals surface area contributed by atoms with E-state index in [1.165, 1.54) is 12.1 Å². The molecule has 1 aliphatic carbocycles.